The van der Waals surface area contributed by atoms with E-state index >= 15 is 0 Å². The molecule has 0 radical (unpaired) electrons. The fourth-order valence-corrected chi connectivity index (χ4v) is 2.81. The standard InChI is InChI=1S/C17H18N2O3S/c1-4-12-7-5-6-11(2)16(12)18-17(20)14-10-13(23-3)8-9-15(14)19(21)22/h5-10H,4H2,1-3H3,(H,18,20). The smallest absolute Gasteiger partial charge is 0.282 e. The van der Waals surface area contributed by atoms with Crippen LogP contribution in [0, 0.1) is 17.0 Å². The van der Waals surface area contributed by atoms with Crippen molar-refractivity contribution in [3.05, 3.63) is 63.2 Å². The molecule has 0 aliphatic rings. The molecule has 0 bridgehead atoms. The summed E-state index contributed by atoms with van der Waals surface area (Å²) in [6.07, 6.45) is 2.63. The highest BCUT2D eigenvalue weighted by Crippen LogP contribution is 2.27. The Morgan fingerprint density at radius 2 is 2.04 bits per heavy atom. The van der Waals surface area contributed by atoms with Crippen LogP contribution in [0.3, 0.4) is 0 Å². The van der Waals surface area contributed by atoms with Gasteiger partial charge in [0, 0.05) is 16.6 Å². The van der Waals surface area contributed by atoms with Crippen LogP contribution in [-0.2, 0) is 6.42 Å². The molecule has 0 fully saturated rings. The molecule has 2 aromatic carbocycles. The van der Waals surface area contributed by atoms with Gasteiger partial charge in [-0.3, -0.25) is 14.9 Å². The number of anilines is 1. The number of carbonyl (C=O) groups is 1. The molecule has 1 amide bonds. The average Bonchev–Trinajstić information content (AvgIpc) is 2.55. The van der Waals surface area contributed by atoms with Crippen molar-refractivity contribution in [2.45, 2.75) is 25.2 Å². The van der Waals surface area contributed by atoms with Crippen molar-refractivity contribution in [3.63, 3.8) is 0 Å². The molecule has 0 spiro atoms. The lowest BCUT2D eigenvalue weighted by molar-refractivity contribution is -0.385. The largest absolute Gasteiger partial charge is 0.321 e. The van der Waals surface area contributed by atoms with E-state index in [1.807, 2.05) is 38.3 Å². The Balaban J connectivity index is 2.44. The summed E-state index contributed by atoms with van der Waals surface area (Å²) >= 11 is 1.44. The maximum atomic E-state index is 12.6. The minimum atomic E-state index is -0.530. The topological polar surface area (TPSA) is 72.2 Å². The van der Waals surface area contributed by atoms with Gasteiger partial charge >= 0.3 is 0 Å². The van der Waals surface area contributed by atoms with Gasteiger partial charge in [0.25, 0.3) is 11.6 Å². The lowest BCUT2D eigenvalue weighted by Gasteiger charge is -2.13. The number of aryl methyl sites for hydroxylation is 2. The van der Waals surface area contributed by atoms with E-state index in [0.29, 0.717) is 0 Å². The monoisotopic (exact) mass is 330 g/mol. The summed E-state index contributed by atoms with van der Waals surface area (Å²) in [5.74, 6) is -0.461. The van der Waals surface area contributed by atoms with E-state index in [9.17, 15) is 14.9 Å². The van der Waals surface area contributed by atoms with E-state index in [4.69, 9.17) is 0 Å². The first-order valence-corrected chi connectivity index (χ1v) is 8.42. The molecular weight excluding hydrogens is 312 g/mol. The van der Waals surface area contributed by atoms with Gasteiger partial charge in [-0.2, -0.15) is 0 Å². The van der Waals surface area contributed by atoms with Gasteiger partial charge in [-0.05, 0) is 42.9 Å². The molecular formula is C17H18N2O3S. The molecule has 23 heavy (non-hydrogen) atoms. The van der Waals surface area contributed by atoms with Crippen molar-refractivity contribution in [1.29, 1.82) is 0 Å². The fraction of sp³-hybridized carbons (Fsp3) is 0.235. The van der Waals surface area contributed by atoms with Gasteiger partial charge in [-0.1, -0.05) is 25.1 Å². The Labute approximate surface area is 139 Å². The van der Waals surface area contributed by atoms with Crippen LogP contribution in [0.4, 0.5) is 11.4 Å². The molecule has 0 heterocycles. The predicted octanol–water partition coefficient (Wildman–Crippen LogP) is 4.44. The number of rotatable bonds is 5. The SMILES string of the molecule is CCc1cccc(C)c1NC(=O)c1cc(SC)ccc1[N+](=O)[O-]. The maximum absolute atomic E-state index is 12.6. The Bertz CT molecular complexity index is 759. The summed E-state index contributed by atoms with van der Waals surface area (Å²) in [4.78, 5) is 24.1. The van der Waals surface area contributed by atoms with Gasteiger partial charge in [0.1, 0.15) is 5.56 Å². The molecule has 2 aromatic rings. The molecule has 0 saturated carbocycles. The van der Waals surface area contributed by atoms with Crippen molar-refractivity contribution >= 4 is 29.0 Å². The number of carbonyl (C=O) groups excluding carboxylic acids is 1. The molecule has 0 unspecified atom stereocenters. The van der Waals surface area contributed by atoms with E-state index < -0.39 is 10.8 Å². The third-order valence-electron chi connectivity index (χ3n) is 3.62. The van der Waals surface area contributed by atoms with Gasteiger partial charge in [0.15, 0.2) is 0 Å². The van der Waals surface area contributed by atoms with Crippen LogP contribution in [-0.4, -0.2) is 17.1 Å². The zero-order valence-electron chi connectivity index (χ0n) is 13.3. The van der Waals surface area contributed by atoms with Crippen LogP contribution in [0.2, 0.25) is 0 Å². The number of hydrogen-bond donors (Lipinski definition) is 1. The summed E-state index contributed by atoms with van der Waals surface area (Å²) in [6.45, 7) is 3.91. The highest BCUT2D eigenvalue weighted by atomic mass is 32.2. The summed E-state index contributed by atoms with van der Waals surface area (Å²) in [7, 11) is 0. The first kappa shape index (κ1) is 17.0. The number of benzene rings is 2. The summed E-state index contributed by atoms with van der Waals surface area (Å²) in [6, 6.07) is 10.4. The molecule has 0 aromatic heterocycles. The molecule has 6 heteroatoms. The quantitative estimate of drug-likeness (QED) is 0.500. The molecule has 2 rings (SSSR count). The maximum Gasteiger partial charge on any atom is 0.282 e. The number of nitro groups is 1. The van der Waals surface area contributed by atoms with Crippen molar-refractivity contribution in [1.82, 2.24) is 0 Å². The van der Waals surface area contributed by atoms with Crippen molar-refractivity contribution in [3.8, 4) is 0 Å². The van der Waals surface area contributed by atoms with Gasteiger partial charge in [0.2, 0.25) is 0 Å². The molecule has 0 aliphatic carbocycles. The number of hydrogen-bond acceptors (Lipinski definition) is 4. The Kier molecular flexibility index (Phi) is 5.39. The van der Waals surface area contributed by atoms with E-state index in [0.717, 1.165) is 28.1 Å². The summed E-state index contributed by atoms with van der Waals surface area (Å²) in [5.41, 5.74) is 2.55. The van der Waals surface area contributed by atoms with E-state index in [1.54, 1.807) is 12.1 Å². The van der Waals surface area contributed by atoms with Crippen LogP contribution in [0.5, 0.6) is 0 Å². The second-order valence-corrected chi connectivity index (χ2v) is 5.94. The third-order valence-corrected chi connectivity index (χ3v) is 4.35. The van der Waals surface area contributed by atoms with Crippen LogP contribution < -0.4 is 5.32 Å². The first-order chi connectivity index (χ1) is 11.0. The van der Waals surface area contributed by atoms with E-state index in [1.165, 1.54) is 17.8 Å². The zero-order chi connectivity index (χ0) is 17.0. The van der Waals surface area contributed by atoms with Crippen LogP contribution in [0.25, 0.3) is 0 Å². The fourth-order valence-electron chi connectivity index (χ4n) is 2.37. The Hall–Kier alpha value is -2.34. The van der Waals surface area contributed by atoms with E-state index in [2.05, 4.69) is 5.32 Å². The average molecular weight is 330 g/mol. The van der Waals surface area contributed by atoms with Crippen molar-refractivity contribution in [2.24, 2.45) is 0 Å². The molecule has 0 aliphatic heterocycles. The van der Waals surface area contributed by atoms with E-state index in [-0.39, 0.29) is 11.3 Å². The molecule has 0 atom stereocenters. The molecule has 0 saturated heterocycles. The number of para-hydroxylation sites is 1. The van der Waals surface area contributed by atoms with Crippen LogP contribution >= 0.6 is 11.8 Å². The number of nitrogens with zero attached hydrogens (tertiary/aromatic N) is 1. The Morgan fingerprint density at radius 3 is 2.65 bits per heavy atom. The number of amides is 1. The lowest BCUT2D eigenvalue weighted by atomic mass is 10.0. The molecule has 120 valence electrons. The third kappa shape index (κ3) is 3.71. The van der Waals surface area contributed by atoms with Gasteiger partial charge < -0.3 is 5.32 Å². The van der Waals surface area contributed by atoms with Gasteiger partial charge in [-0.15, -0.1) is 11.8 Å². The first-order valence-electron chi connectivity index (χ1n) is 7.20. The highest BCUT2D eigenvalue weighted by molar-refractivity contribution is 7.98. The molecule has 1 N–H and O–H groups in total. The summed E-state index contributed by atoms with van der Waals surface area (Å²) in [5, 5.41) is 14.0. The highest BCUT2D eigenvalue weighted by Gasteiger charge is 2.21. The minimum Gasteiger partial charge on any atom is -0.321 e. The van der Waals surface area contributed by atoms with Gasteiger partial charge in [0.05, 0.1) is 4.92 Å². The zero-order valence-corrected chi connectivity index (χ0v) is 14.1. The van der Waals surface area contributed by atoms with Crippen molar-refractivity contribution < 1.29 is 9.72 Å². The number of thioether (sulfide) groups is 1. The summed E-state index contributed by atoms with van der Waals surface area (Å²) < 4.78 is 0. The van der Waals surface area contributed by atoms with Crippen molar-refractivity contribution in [2.75, 3.05) is 11.6 Å². The molecule has 5 nitrogen and oxygen atoms in total. The van der Waals surface area contributed by atoms with Gasteiger partial charge in [-0.25, -0.2) is 0 Å². The lowest BCUT2D eigenvalue weighted by Crippen LogP contribution is -2.16. The number of nitrogens with one attached hydrogen (secondary N) is 1. The van der Waals surface area contributed by atoms with Crippen LogP contribution in [0.1, 0.15) is 28.4 Å². The second kappa shape index (κ2) is 7.28. The van der Waals surface area contributed by atoms with Crippen LogP contribution in [0.15, 0.2) is 41.3 Å². The minimum absolute atomic E-state index is 0.0761. The number of nitro benzene ring substituents is 1. The predicted molar refractivity (Wildman–Crippen MR) is 93.4 cm³/mol. The normalized spacial score (nSPS) is 10.4. The second-order valence-electron chi connectivity index (χ2n) is 5.06. The Morgan fingerprint density at radius 1 is 1.30 bits per heavy atom.